The van der Waals surface area contributed by atoms with Gasteiger partial charge in [-0.05, 0) is 56.7 Å². The fraction of sp³-hybridized carbons (Fsp3) is 0.409. The van der Waals surface area contributed by atoms with Gasteiger partial charge in [-0.1, -0.05) is 30.3 Å². The molecule has 1 amide bonds. The zero-order valence-electron chi connectivity index (χ0n) is 16.3. The first-order chi connectivity index (χ1) is 13.1. The molecule has 2 heterocycles. The molecule has 2 aromatic rings. The number of anilines is 3. The van der Waals surface area contributed by atoms with Gasteiger partial charge in [-0.25, -0.2) is 0 Å². The van der Waals surface area contributed by atoms with Gasteiger partial charge in [-0.2, -0.15) is 0 Å². The van der Waals surface area contributed by atoms with Gasteiger partial charge in [0.1, 0.15) is 6.04 Å². The summed E-state index contributed by atoms with van der Waals surface area (Å²) in [4.78, 5) is 17.1. The van der Waals surface area contributed by atoms with Crippen molar-refractivity contribution < 1.29 is 4.79 Å². The molecule has 5 heteroatoms. The molecule has 27 heavy (non-hydrogen) atoms. The maximum absolute atomic E-state index is 12.7. The van der Waals surface area contributed by atoms with Crippen LogP contribution in [0.4, 0.5) is 17.1 Å². The average Bonchev–Trinajstić information content (AvgIpc) is 2.99. The van der Waals surface area contributed by atoms with E-state index >= 15 is 0 Å². The second kappa shape index (κ2) is 7.24. The van der Waals surface area contributed by atoms with E-state index in [4.69, 9.17) is 0 Å². The summed E-state index contributed by atoms with van der Waals surface area (Å²) in [7, 11) is 5.95. The maximum atomic E-state index is 12.7. The van der Waals surface area contributed by atoms with Gasteiger partial charge in [0.25, 0.3) is 0 Å². The normalized spacial score (nSPS) is 19.9. The van der Waals surface area contributed by atoms with E-state index in [0.29, 0.717) is 0 Å². The number of carbonyl (C=O) groups excluding carboxylic acids is 1. The van der Waals surface area contributed by atoms with Crippen molar-refractivity contribution in [2.75, 3.05) is 37.9 Å². The van der Waals surface area contributed by atoms with Crippen LogP contribution in [0.3, 0.4) is 0 Å². The highest BCUT2D eigenvalue weighted by molar-refractivity contribution is 5.95. The molecule has 2 atom stereocenters. The third-order valence-electron chi connectivity index (χ3n) is 5.63. The molecule has 0 fully saturated rings. The molecule has 0 spiro atoms. The van der Waals surface area contributed by atoms with Crippen LogP contribution >= 0.6 is 0 Å². The molecule has 0 aliphatic carbocycles. The standard InChI is InChI=1S/C22H28N4O/c1-23-22(27)20-14-15-8-6-9-16-17(11-7-13-25(2)3)24-18-10-4-5-12-19(18)26(20)21(15)16/h4-6,8-10,12,17,20,24H,7,11,13-14H2,1-3H3,(H,23,27). The number of likely N-dealkylation sites (N-methyl/N-ethyl adjacent to an activating group) is 1. The SMILES string of the molecule is CNC(=O)C1Cc2cccc3c2N1c1ccccc1NC3CCCN(C)C. The monoisotopic (exact) mass is 364 g/mol. The number of rotatable bonds is 5. The van der Waals surface area contributed by atoms with Gasteiger partial charge in [0.05, 0.1) is 23.1 Å². The second-order valence-corrected chi connectivity index (χ2v) is 7.72. The number of benzene rings is 2. The molecule has 5 nitrogen and oxygen atoms in total. The summed E-state index contributed by atoms with van der Waals surface area (Å²) >= 11 is 0. The lowest BCUT2D eigenvalue weighted by Crippen LogP contribution is -2.41. The van der Waals surface area contributed by atoms with Crippen LogP contribution in [0.5, 0.6) is 0 Å². The van der Waals surface area contributed by atoms with E-state index in [2.05, 4.69) is 77.0 Å². The molecule has 2 N–H and O–H groups in total. The van der Waals surface area contributed by atoms with Crippen LogP contribution in [0, 0.1) is 0 Å². The lowest BCUT2D eigenvalue weighted by Gasteiger charge is -2.27. The van der Waals surface area contributed by atoms with Gasteiger partial charge >= 0.3 is 0 Å². The fourth-order valence-electron chi connectivity index (χ4n) is 4.38. The first-order valence-corrected chi connectivity index (χ1v) is 9.73. The Morgan fingerprint density at radius 2 is 2.04 bits per heavy atom. The Bertz CT molecular complexity index is 848. The lowest BCUT2D eigenvalue weighted by atomic mass is 9.97. The van der Waals surface area contributed by atoms with Crippen LogP contribution in [-0.2, 0) is 11.2 Å². The van der Waals surface area contributed by atoms with Crippen LogP contribution in [0.1, 0.15) is 30.0 Å². The number of para-hydroxylation sites is 3. The Labute approximate surface area is 161 Å². The van der Waals surface area contributed by atoms with Crippen molar-refractivity contribution in [2.45, 2.75) is 31.3 Å². The Hall–Kier alpha value is -2.53. The first-order valence-electron chi connectivity index (χ1n) is 9.73. The minimum absolute atomic E-state index is 0.0676. The molecule has 0 aromatic heterocycles. The smallest absolute Gasteiger partial charge is 0.243 e. The van der Waals surface area contributed by atoms with Gasteiger partial charge in [-0.3, -0.25) is 4.79 Å². The molecule has 2 unspecified atom stereocenters. The highest BCUT2D eigenvalue weighted by atomic mass is 16.2. The molecule has 4 rings (SSSR count). The number of nitrogens with one attached hydrogen (secondary N) is 2. The van der Waals surface area contributed by atoms with Crippen LogP contribution in [0.15, 0.2) is 42.5 Å². The van der Waals surface area contributed by atoms with Crippen LogP contribution < -0.4 is 15.5 Å². The minimum Gasteiger partial charge on any atom is -0.376 e. The maximum Gasteiger partial charge on any atom is 0.243 e. The number of hydrogen-bond donors (Lipinski definition) is 2. The molecule has 2 aromatic carbocycles. The predicted octanol–water partition coefficient (Wildman–Crippen LogP) is 3.30. The topological polar surface area (TPSA) is 47.6 Å². The van der Waals surface area contributed by atoms with Crippen molar-refractivity contribution in [3.05, 3.63) is 53.6 Å². The van der Waals surface area contributed by atoms with Crippen molar-refractivity contribution in [1.29, 1.82) is 0 Å². The quantitative estimate of drug-likeness (QED) is 0.855. The molecule has 0 bridgehead atoms. The Kier molecular flexibility index (Phi) is 4.79. The van der Waals surface area contributed by atoms with Crippen molar-refractivity contribution >= 4 is 23.0 Å². The van der Waals surface area contributed by atoms with Crippen molar-refractivity contribution in [3.63, 3.8) is 0 Å². The zero-order valence-corrected chi connectivity index (χ0v) is 16.3. The Morgan fingerprint density at radius 1 is 1.22 bits per heavy atom. The van der Waals surface area contributed by atoms with E-state index < -0.39 is 0 Å². The van der Waals surface area contributed by atoms with Gasteiger partial charge < -0.3 is 20.4 Å². The molecule has 0 radical (unpaired) electrons. The van der Waals surface area contributed by atoms with Crippen molar-refractivity contribution in [3.8, 4) is 0 Å². The van der Waals surface area contributed by atoms with E-state index in [-0.39, 0.29) is 18.0 Å². The van der Waals surface area contributed by atoms with Gasteiger partial charge in [0, 0.05) is 13.5 Å². The number of fused-ring (bicyclic) bond motifs is 2. The highest BCUT2D eigenvalue weighted by Gasteiger charge is 2.40. The van der Waals surface area contributed by atoms with E-state index in [9.17, 15) is 4.79 Å². The number of carbonyl (C=O) groups is 1. The molecule has 0 saturated carbocycles. The van der Waals surface area contributed by atoms with Crippen molar-refractivity contribution in [2.24, 2.45) is 0 Å². The summed E-state index contributed by atoms with van der Waals surface area (Å²) in [5, 5.41) is 6.62. The molecular formula is C22H28N4O. The summed E-state index contributed by atoms with van der Waals surface area (Å²) < 4.78 is 0. The van der Waals surface area contributed by atoms with Crippen LogP contribution in [0.25, 0.3) is 0 Å². The molecule has 2 aliphatic heterocycles. The van der Waals surface area contributed by atoms with Gasteiger partial charge in [0.2, 0.25) is 5.91 Å². The van der Waals surface area contributed by atoms with E-state index in [1.807, 2.05) is 0 Å². The van der Waals surface area contributed by atoms with Crippen LogP contribution in [0.2, 0.25) is 0 Å². The molecule has 0 saturated heterocycles. The Balaban J connectivity index is 1.80. The summed E-state index contributed by atoms with van der Waals surface area (Å²) in [6.07, 6.45) is 2.93. The summed E-state index contributed by atoms with van der Waals surface area (Å²) in [5.74, 6) is 0.0676. The Morgan fingerprint density at radius 3 is 2.81 bits per heavy atom. The predicted molar refractivity (Wildman–Crippen MR) is 111 cm³/mol. The number of hydrogen-bond acceptors (Lipinski definition) is 4. The van der Waals surface area contributed by atoms with E-state index in [1.165, 1.54) is 16.8 Å². The van der Waals surface area contributed by atoms with E-state index in [1.54, 1.807) is 7.05 Å². The lowest BCUT2D eigenvalue weighted by molar-refractivity contribution is -0.121. The largest absolute Gasteiger partial charge is 0.376 e. The van der Waals surface area contributed by atoms with Crippen LogP contribution in [-0.4, -0.2) is 44.5 Å². The second-order valence-electron chi connectivity index (χ2n) is 7.72. The van der Waals surface area contributed by atoms with Gasteiger partial charge in [0.15, 0.2) is 0 Å². The average molecular weight is 364 g/mol. The highest BCUT2D eigenvalue weighted by Crippen LogP contribution is 2.49. The molecule has 142 valence electrons. The third kappa shape index (κ3) is 3.16. The number of nitrogens with zero attached hydrogens (tertiary/aromatic N) is 2. The van der Waals surface area contributed by atoms with E-state index in [0.717, 1.165) is 37.2 Å². The molecular weight excluding hydrogens is 336 g/mol. The third-order valence-corrected chi connectivity index (χ3v) is 5.63. The zero-order chi connectivity index (χ0) is 19.0. The van der Waals surface area contributed by atoms with Gasteiger partial charge in [-0.15, -0.1) is 0 Å². The summed E-state index contributed by atoms with van der Waals surface area (Å²) in [6, 6.07) is 14.9. The fourth-order valence-corrected chi connectivity index (χ4v) is 4.38. The number of amides is 1. The van der Waals surface area contributed by atoms with Crippen molar-refractivity contribution in [1.82, 2.24) is 10.2 Å². The molecule has 2 aliphatic rings. The minimum atomic E-state index is -0.199. The summed E-state index contributed by atoms with van der Waals surface area (Å²) in [6.45, 7) is 1.07. The summed E-state index contributed by atoms with van der Waals surface area (Å²) in [5.41, 5.74) is 5.97. The first kappa shape index (κ1) is 17.9.